The Labute approximate surface area is 123 Å². The maximum Gasteiger partial charge on any atom is 0.316 e. The summed E-state index contributed by atoms with van der Waals surface area (Å²) >= 11 is 0. The second-order valence-corrected chi connectivity index (χ2v) is 4.98. The first kappa shape index (κ1) is 15.5. The lowest BCUT2D eigenvalue weighted by Crippen LogP contribution is -2.32. The first-order valence-corrected chi connectivity index (χ1v) is 6.99. The van der Waals surface area contributed by atoms with Crippen LogP contribution in [-0.4, -0.2) is 54.3 Å². The molecule has 1 saturated heterocycles. The third kappa shape index (κ3) is 3.60. The minimum absolute atomic E-state index is 0.00982. The quantitative estimate of drug-likeness (QED) is 0.409. The Hall–Kier alpha value is -1.90. The summed E-state index contributed by atoms with van der Waals surface area (Å²) in [6.07, 6.45) is 0.900. The van der Waals surface area contributed by atoms with Gasteiger partial charge in [0.05, 0.1) is 11.5 Å². The summed E-state index contributed by atoms with van der Waals surface area (Å²) in [7, 11) is 0. The highest BCUT2D eigenvalue weighted by atomic mass is 16.6. The van der Waals surface area contributed by atoms with Gasteiger partial charge in [-0.1, -0.05) is 6.07 Å². The van der Waals surface area contributed by atoms with Crippen molar-refractivity contribution < 1.29 is 10.0 Å². The Morgan fingerprint density at radius 2 is 2.14 bits per heavy atom. The van der Waals surface area contributed by atoms with E-state index in [-0.39, 0.29) is 12.3 Å². The molecule has 0 bridgehead atoms. The van der Waals surface area contributed by atoms with Crippen LogP contribution in [-0.2, 0) is 0 Å². The van der Waals surface area contributed by atoms with E-state index in [1.54, 1.807) is 18.2 Å². The average molecular weight is 295 g/mol. The van der Waals surface area contributed by atoms with Crippen LogP contribution in [0, 0.1) is 10.1 Å². The molecule has 0 atom stereocenters. The van der Waals surface area contributed by atoms with E-state index in [0.717, 1.165) is 26.1 Å². The van der Waals surface area contributed by atoms with E-state index >= 15 is 0 Å². The molecule has 4 N–H and O–H groups in total. The Morgan fingerprint density at radius 3 is 2.81 bits per heavy atom. The lowest BCUT2D eigenvalue weighted by molar-refractivity contribution is -0.383. The number of benzene rings is 1. The zero-order valence-electron chi connectivity index (χ0n) is 11.9. The molecule has 0 unspecified atom stereocenters. The number of hydrogen-bond donors (Lipinski definition) is 3. The second-order valence-electron chi connectivity index (χ2n) is 4.98. The van der Waals surface area contributed by atoms with Gasteiger partial charge in [-0.15, -0.1) is 0 Å². The highest BCUT2D eigenvalue weighted by Crippen LogP contribution is 2.35. The van der Waals surface area contributed by atoms with E-state index < -0.39 is 4.92 Å². The van der Waals surface area contributed by atoms with Gasteiger partial charge in [-0.3, -0.25) is 20.9 Å². The monoisotopic (exact) mass is 295 g/mol. The molecule has 0 aliphatic carbocycles. The van der Waals surface area contributed by atoms with Gasteiger partial charge in [0.15, 0.2) is 0 Å². The van der Waals surface area contributed by atoms with Crippen LogP contribution in [0.15, 0.2) is 18.2 Å². The first-order valence-electron chi connectivity index (χ1n) is 6.99. The molecule has 0 radical (unpaired) electrons. The van der Waals surface area contributed by atoms with Crippen LogP contribution in [0.2, 0.25) is 0 Å². The largest absolute Gasteiger partial charge is 0.395 e. The van der Waals surface area contributed by atoms with Crippen molar-refractivity contribution in [3.8, 4) is 0 Å². The zero-order chi connectivity index (χ0) is 15.2. The van der Waals surface area contributed by atoms with Crippen molar-refractivity contribution >= 4 is 17.1 Å². The van der Waals surface area contributed by atoms with Gasteiger partial charge in [-0.05, 0) is 25.1 Å². The minimum Gasteiger partial charge on any atom is -0.395 e. The molecule has 21 heavy (non-hydrogen) atoms. The molecule has 0 spiro atoms. The summed E-state index contributed by atoms with van der Waals surface area (Å²) < 4.78 is 0. The van der Waals surface area contributed by atoms with Gasteiger partial charge in [-0.2, -0.15) is 0 Å². The molecule has 8 nitrogen and oxygen atoms in total. The van der Waals surface area contributed by atoms with Gasteiger partial charge in [0.1, 0.15) is 11.4 Å². The fourth-order valence-corrected chi connectivity index (χ4v) is 2.67. The van der Waals surface area contributed by atoms with Crippen LogP contribution in [0.4, 0.5) is 17.1 Å². The molecule has 1 aromatic carbocycles. The highest BCUT2D eigenvalue weighted by Gasteiger charge is 2.25. The molecule has 1 fully saturated rings. The maximum atomic E-state index is 11.3. The Kier molecular flexibility index (Phi) is 5.32. The van der Waals surface area contributed by atoms with Crippen LogP contribution in [0.25, 0.3) is 0 Å². The fraction of sp³-hybridized carbons (Fsp3) is 0.538. The first-order chi connectivity index (χ1) is 10.2. The molecule has 0 saturated carbocycles. The van der Waals surface area contributed by atoms with Gasteiger partial charge >= 0.3 is 5.69 Å². The summed E-state index contributed by atoms with van der Waals surface area (Å²) in [4.78, 5) is 15.1. The smallest absolute Gasteiger partial charge is 0.316 e. The summed E-state index contributed by atoms with van der Waals surface area (Å²) in [6.45, 7) is 3.87. The van der Waals surface area contributed by atoms with E-state index in [9.17, 15) is 10.1 Å². The van der Waals surface area contributed by atoms with Crippen molar-refractivity contribution in [1.82, 2.24) is 4.90 Å². The number of aliphatic hydroxyl groups excluding tert-OH is 1. The number of β-amino-alcohol motifs (C(OH)–C–C–N with tert-alkyl or cyclic N) is 1. The Morgan fingerprint density at radius 1 is 1.33 bits per heavy atom. The fourth-order valence-electron chi connectivity index (χ4n) is 2.67. The molecule has 1 aromatic rings. The number of nitrogens with two attached hydrogens (primary N) is 1. The third-order valence-corrected chi connectivity index (χ3v) is 3.70. The molecule has 0 aromatic heterocycles. The number of anilines is 2. The molecular weight excluding hydrogens is 274 g/mol. The number of hydrazine groups is 1. The topological polar surface area (TPSA) is 108 Å². The number of nitro groups is 1. The van der Waals surface area contributed by atoms with E-state index in [2.05, 4.69) is 10.3 Å². The lowest BCUT2D eigenvalue weighted by Gasteiger charge is -2.23. The van der Waals surface area contributed by atoms with E-state index in [4.69, 9.17) is 10.9 Å². The summed E-state index contributed by atoms with van der Waals surface area (Å²) in [5.41, 5.74) is 3.30. The zero-order valence-corrected chi connectivity index (χ0v) is 11.9. The predicted molar refractivity (Wildman–Crippen MR) is 81.3 cm³/mol. The van der Waals surface area contributed by atoms with Crippen molar-refractivity contribution in [3.63, 3.8) is 0 Å². The number of hydrogen-bond acceptors (Lipinski definition) is 7. The van der Waals surface area contributed by atoms with Crippen molar-refractivity contribution in [2.24, 2.45) is 5.84 Å². The van der Waals surface area contributed by atoms with Gasteiger partial charge in [0.2, 0.25) is 0 Å². The normalized spacial score (nSPS) is 16.6. The van der Waals surface area contributed by atoms with Gasteiger partial charge in [0.25, 0.3) is 0 Å². The SMILES string of the molecule is NNc1cccc(N2CCCN(CCO)CC2)c1[N+](=O)[O-]. The van der Waals surface area contributed by atoms with Crippen LogP contribution >= 0.6 is 0 Å². The molecule has 1 aliphatic heterocycles. The molecule has 2 rings (SSSR count). The lowest BCUT2D eigenvalue weighted by atomic mass is 10.2. The van der Waals surface area contributed by atoms with Gasteiger partial charge in [-0.25, -0.2) is 0 Å². The summed E-state index contributed by atoms with van der Waals surface area (Å²) in [5, 5.41) is 20.3. The van der Waals surface area contributed by atoms with Crippen molar-refractivity contribution in [2.45, 2.75) is 6.42 Å². The van der Waals surface area contributed by atoms with Crippen LogP contribution < -0.4 is 16.2 Å². The van der Waals surface area contributed by atoms with Crippen LogP contribution in [0.5, 0.6) is 0 Å². The molecular formula is C13H21N5O3. The van der Waals surface area contributed by atoms with Crippen molar-refractivity contribution in [3.05, 3.63) is 28.3 Å². The minimum atomic E-state index is -0.402. The Bertz CT molecular complexity index is 497. The summed E-state index contributed by atoms with van der Waals surface area (Å²) in [6, 6.07) is 5.10. The number of aliphatic hydroxyl groups is 1. The number of nitrogen functional groups attached to an aromatic ring is 1. The molecule has 116 valence electrons. The molecule has 0 amide bonds. The second kappa shape index (κ2) is 7.21. The van der Waals surface area contributed by atoms with Crippen molar-refractivity contribution in [2.75, 3.05) is 49.7 Å². The molecule has 1 aliphatic rings. The van der Waals surface area contributed by atoms with Gasteiger partial charge in [0, 0.05) is 26.2 Å². The standard InChI is InChI=1S/C13H21N5O3/c14-15-11-3-1-4-12(13(11)18(20)21)17-6-2-5-16(7-8-17)9-10-19/h1,3-4,15,19H,2,5-10,14H2. The van der Waals surface area contributed by atoms with Gasteiger partial charge < -0.3 is 15.4 Å². The highest BCUT2D eigenvalue weighted by molar-refractivity contribution is 5.76. The van der Waals surface area contributed by atoms with E-state index in [1.807, 2.05) is 4.90 Å². The van der Waals surface area contributed by atoms with Crippen LogP contribution in [0.1, 0.15) is 6.42 Å². The van der Waals surface area contributed by atoms with E-state index in [1.165, 1.54) is 0 Å². The maximum absolute atomic E-state index is 11.3. The van der Waals surface area contributed by atoms with E-state index in [0.29, 0.717) is 24.5 Å². The van der Waals surface area contributed by atoms with Crippen LogP contribution in [0.3, 0.4) is 0 Å². The number of para-hydroxylation sites is 1. The Balaban J connectivity index is 2.23. The molecule has 1 heterocycles. The predicted octanol–water partition coefficient (Wildman–Crippen LogP) is 0.385. The summed E-state index contributed by atoms with van der Waals surface area (Å²) in [5.74, 6) is 5.37. The average Bonchev–Trinajstić information content (AvgIpc) is 2.72. The number of nitrogens with zero attached hydrogens (tertiary/aromatic N) is 3. The van der Waals surface area contributed by atoms with Crippen molar-refractivity contribution in [1.29, 1.82) is 0 Å². The number of nitrogens with one attached hydrogen (secondary N) is 1. The molecule has 8 heteroatoms. The number of nitro benzene ring substituents is 1. The third-order valence-electron chi connectivity index (χ3n) is 3.70. The number of rotatable bonds is 5.